The number of aromatic nitrogens is 1. The van der Waals surface area contributed by atoms with E-state index in [-0.39, 0.29) is 0 Å². The second-order valence-corrected chi connectivity index (χ2v) is 4.55. The molecule has 0 fully saturated rings. The molecule has 0 aliphatic carbocycles. The summed E-state index contributed by atoms with van der Waals surface area (Å²) in [7, 11) is 0. The molecule has 4 heteroatoms. The lowest BCUT2D eigenvalue weighted by Gasteiger charge is -1.98. The molecule has 0 amide bonds. The predicted molar refractivity (Wildman–Crippen MR) is 63.7 cm³/mol. The molecule has 0 aliphatic rings. The summed E-state index contributed by atoms with van der Waals surface area (Å²) in [5, 5.41) is 1.08. The van der Waals surface area contributed by atoms with Gasteiger partial charge in [0.05, 0.1) is 5.01 Å². The molecule has 0 spiro atoms. The minimum absolute atomic E-state index is 0.564. The lowest BCUT2D eigenvalue weighted by molar-refractivity contribution is 1.08. The van der Waals surface area contributed by atoms with E-state index in [1.54, 1.807) is 11.3 Å². The summed E-state index contributed by atoms with van der Waals surface area (Å²) in [6.45, 7) is 0.564. The standard InChI is InChI=1S/C11H13N3S/c12-6-10-7-14-11(15-10)5-8-2-1-3-9(13)4-8/h1-4,7H,5-6,12-13H2. The SMILES string of the molecule is NCc1cnc(Cc2cccc(N)c2)s1. The Bertz CT molecular complexity index is 451. The van der Waals surface area contributed by atoms with Crippen LogP contribution in [0.5, 0.6) is 0 Å². The van der Waals surface area contributed by atoms with Crippen molar-refractivity contribution in [3.05, 3.63) is 45.9 Å². The van der Waals surface area contributed by atoms with Crippen LogP contribution in [-0.4, -0.2) is 4.98 Å². The molecule has 1 heterocycles. The summed E-state index contributed by atoms with van der Waals surface area (Å²) in [5.41, 5.74) is 13.2. The zero-order chi connectivity index (χ0) is 10.7. The average molecular weight is 219 g/mol. The Morgan fingerprint density at radius 1 is 1.33 bits per heavy atom. The summed E-state index contributed by atoms with van der Waals surface area (Å²) in [4.78, 5) is 5.43. The molecule has 0 aliphatic heterocycles. The Hall–Kier alpha value is -1.39. The summed E-state index contributed by atoms with van der Waals surface area (Å²) in [5.74, 6) is 0. The normalized spacial score (nSPS) is 10.5. The van der Waals surface area contributed by atoms with Gasteiger partial charge < -0.3 is 11.5 Å². The van der Waals surface area contributed by atoms with Gasteiger partial charge in [-0.15, -0.1) is 11.3 Å². The molecule has 78 valence electrons. The molecule has 0 atom stereocenters. The Kier molecular flexibility index (Phi) is 2.99. The highest BCUT2D eigenvalue weighted by atomic mass is 32.1. The predicted octanol–water partition coefficient (Wildman–Crippen LogP) is 1.77. The van der Waals surface area contributed by atoms with Crippen molar-refractivity contribution in [2.24, 2.45) is 5.73 Å². The minimum Gasteiger partial charge on any atom is -0.399 e. The average Bonchev–Trinajstić information content (AvgIpc) is 2.65. The largest absolute Gasteiger partial charge is 0.399 e. The maximum atomic E-state index is 5.71. The van der Waals surface area contributed by atoms with Crippen LogP contribution < -0.4 is 11.5 Å². The summed E-state index contributed by atoms with van der Waals surface area (Å²) in [6.07, 6.45) is 2.67. The van der Waals surface area contributed by atoms with Crippen molar-refractivity contribution >= 4 is 17.0 Å². The number of hydrogen-bond acceptors (Lipinski definition) is 4. The van der Waals surface area contributed by atoms with Gasteiger partial charge >= 0.3 is 0 Å². The molecule has 0 unspecified atom stereocenters. The molecule has 0 bridgehead atoms. The Morgan fingerprint density at radius 3 is 2.87 bits per heavy atom. The molecule has 1 aromatic carbocycles. The molecule has 0 saturated carbocycles. The first-order valence-electron chi connectivity index (χ1n) is 4.76. The van der Waals surface area contributed by atoms with Crippen LogP contribution in [-0.2, 0) is 13.0 Å². The van der Waals surface area contributed by atoms with E-state index in [4.69, 9.17) is 11.5 Å². The van der Waals surface area contributed by atoms with Crippen LogP contribution in [0.4, 0.5) is 5.69 Å². The van der Waals surface area contributed by atoms with Crippen LogP contribution in [0, 0.1) is 0 Å². The van der Waals surface area contributed by atoms with Gasteiger partial charge in [0.2, 0.25) is 0 Å². The van der Waals surface area contributed by atoms with Crippen LogP contribution >= 0.6 is 11.3 Å². The fraction of sp³-hybridized carbons (Fsp3) is 0.182. The molecule has 4 N–H and O–H groups in total. The summed E-state index contributed by atoms with van der Waals surface area (Å²) >= 11 is 1.66. The van der Waals surface area contributed by atoms with Gasteiger partial charge in [-0.3, -0.25) is 0 Å². The maximum absolute atomic E-state index is 5.71. The van der Waals surface area contributed by atoms with Crippen molar-refractivity contribution in [3.63, 3.8) is 0 Å². The molecular formula is C11H13N3S. The van der Waals surface area contributed by atoms with E-state index in [0.29, 0.717) is 6.54 Å². The van der Waals surface area contributed by atoms with Crippen LogP contribution in [0.25, 0.3) is 0 Å². The zero-order valence-electron chi connectivity index (χ0n) is 8.31. The topological polar surface area (TPSA) is 64.9 Å². The lowest BCUT2D eigenvalue weighted by Crippen LogP contribution is -1.91. The van der Waals surface area contributed by atoms with E-state index in [0.717, 1.165) is 22.0 Å². The van der Waals surface area contributed by atoms with Gasteiger partial charge in [-0.1, -0.05) is 12.1 Å². The number of nitrogens with two attached hydrogens (primary N) is 2. The number of nitrogens with zero attached hydrogens (tertiary/aromatic N) is 1. The zero-order valence-corrected chi connectivity index (χ0v) is 9.13. The smallest absolute Gasteiger partial charge is 0.0972 e. The van der Waals surface area contributed by atoms with Crippen molar-refractivity contribution in [3.8, 4) is 0 Å². The van der Waals surface area contributed by atoms with Gasteiger partial charge in [0.1, 0.15) is 0 Å². The maximum Gasteiger partial charge on any atom is 0.0972 e. The van der Waals surface area contributed by atoms with Gasteiger partial charge in [0.25, 0.3) is 0 Å². The minimum atomic E-state index is 0.564. The van der Waals surface area contributed by atoms with E-state index >= 15 is 0 Å². The number of rotatable bonds is 3. The molecular weight excluding hydrogens is 206 g/mol. The number of thiazole rings is 1. The second-order valence-electron chi connectivity index (χ2n) is 3.35. The molecule has 3 nitrogen and oxygen atoms in total. The first-order chi connectivity index (χ1) is 7.28. The van der Waals surface area contributed by atoms with E-state index in [1.165, 1.54) is 5.56 Å². The molecule has 2 aromatic rings. The van der Waals surface area contributed by atoms with Crippen LogP contribution in [0.1, 0.15) is 15.4 Å². The van der Waals surface area contributed by atoms with Crippen LogP contribution in [0.3, 0.4) is 0 Å². The molecule has 1 aromatic heterocycles. The second kappa shape index (κ2) is 4.42. The van der Waals surface area contributed by atoms with Crippen molar-refractivity contribution in [2.45, 2.75) is 13.0 Å². The molecule has 0 saturated heterocycles. The Labute approximate surface area is 92.8 Å². The van der Waals surface area contributed by atoms with Gasteiger partial charge in [-0.2, -0.15) is 0 Å². The summed E-state index contributed by atoms with van der Waals surface area (Å²) in [6, 6.07) is 7.88. The van der Waals surface area contributed by atoms with E-state index in [1.807, 2.05) is 24.4 Å². The van der Waals surface area contributed by atoms with Crippen molar-refractivity contribution < 1.29 is 0 Å². The van der Waals surface area contributed by atoms with E-state index in [9.17, 15) is 0 Å². The highest BCUT2D eigenvalue weighted by molar-refractivity contribution is 7.11. The van der Waals surface area contributed by atoms with E-state index < -0.39 is 0 Å². The Balaban J connectivity index is 2.14. The highest BCUT2D eigenvalue weighted by Crippen LogP contribution is 2.17. The molecule has 0 radical (unpaired) electrons. The quantitative estimate of drug-likeness (QED) is 0.773. The third kappa shape index (κ3) is 2.55. The van der Waals surface area contributed by atoms with Gasteiger partial charge in [-0.25, -0.2) is 4.98 Å². The van der Waals surface area contributed by atoms with Crippen molar-refractivity contribution in [2.75, 3.05) is 5.73 Å². The van der Waals surface area contributed by atoms with Crippen molar-refractivity contribution in [1.82, 2.24) is 4.98 Å². The number of hydrogen-bond donors (Lipinski definition) is 2. The highest BCUT2D eigenvalue weighted by Gasteiger charge is 2.02. The molecule has 2 rings (SSSR count). The number of benzene rings is 1. The van der Waals surface area contributed by atoms with Gasteiger partial charge in [-0.05, 0) is 17.7 Å². The first kappa shape index (κ1) is 10.1. The fourth-order valence-corrected chi connectivity index (χ4v) is 2.24. The number of anilines is 1. The van der Waals surface area contributed by atoms with Crippen LogP contribution in [0.15, 0.2) is 30.5 Å². The number of nitrogen functional groups attached to an aromatic ring is 1. The van der Waals surface area contributed by atoms with Gasteiger partial charge in [0.15, 0.2) is 0 Å². The van der Waals surface area contributed by atoms with Crippen LogP contribution in [0.2, 0.25) is 0 Å². The molecule has 15 heavy (non-hydrogen) atoms. The fourth-order valence-electron chi connectivity index (χ4n) is 1.40. The summed E-state index contributed by atoms with van der Waals surface area (Å²) < 4.78 is 0. The third-order valence-corrected chi connectivity index (χ3v) is 3.13. The van der Waals surface area contributed by atoms with Crippen molar-refractivity contribution in [1.29, 1.82) is 0 Å². The Morgan fingerprint density at radius 2 is 2.20 bits per heavy atom. The third-order valence-electron chi connectivity index (χ3n) is 2.11. The lowest BCUT2D eigenvalue weighted by atomic mass is 10.1. The monoisotopic (exact) mass is 219 g/mol. The van der Waals surface area contributed by atoms with E-state index in [2.05, 4.69) is 11.1 Å². The van der Waals surface area contributed by atoms with Gasteiger partial charge in [0, 0.05) is 29.7 Å². The first-order valence-corrected chi connectivity index (χ1v) is 5.57.